The highest BCUT2D eigenvalue weighted by atomic mass is 19.1. The van der Waals surface area contributed by atoms with Gasteiger partial charge in [-0.2, -0.15) is 0 Å². The zero-order chi connectivity index (χ0) is 19.4. The number of hydrogen-bond donors (Lipinski definition) is 1. The van der Waals surface area contributed by atoms with Crippen molar-refractivity contribution in [1.29, 1.82) is 0 Å². The average Bonchev–Trinajstić information content (AvgIpc) is 2.64. The fraction of sp³-hybridized carbons (Fsp3) is 0.150. The van der Waals surface area contributed by atoms with Gasteiger partial charge in [0.1, 0.15) is 29.0 Å². The SMILES string of the molecule is Cc1nc(Nc2ccc(F)cc2F)cc(C(=O)N(C)Cc2ccccc2)n1. The van der Waals surface area contributed by atoms with Gasteiger partial charge in [0.05, 0.1) is 5.69 Å². The molecule has 138 valence electrons. The number of nitrogens with one attached hydrogen (secondary N) is 1. The largest absolute Gasteiger partial charge is 0.338 e. The topological polar surface area (TPSA) is 58.1 Å². The van der Waals surface area contributed by atoms with Crippen molar-refractivity contribution in [2.45, 2.75) is 13.5 Å². The van der Waals surface area contributed by atoms with Gasteiger partial charge in [-0.15, -0.1) is 0 Å². The van der Waals surface area contributed by atoms with E-state index in [4.69, 9.17) is 0 Å². The van der Waals surface area contributed by atoms with Crippen molar-refractivity contribution >= 4 is 17.4 Å². The van der Waals surface area contributed by atoms with Crippen molar-refractivity contribution < 1.29 is 13.6 Å². The van der Waals surface area contributed by atoms with E-state index in [-0.39, 0.29) is 23.1 Å². The molecule has 0 unspecified atom stereocenters. The van der Waals surface area contributed by atoms with Gasteiger partial charge in [0.25, 0.3) is 5.91 Å². The Morgan fingerprint density at radius 2 is 1.81 bits per heavy atom. The number of nitrogens with zero attached hydrogens (tertiary/aromatic N) is 3. The van der Waals surface area contributed by atoms with Crippen LogP contribution in [0.25, 0.3) is 0 Å². The zero-order valence-electron chi connectivity index (χ0n) is 14.9. The number of aromatic nitrogens is 2. The number of aryl methyl sites for hydroxylation is 1. The van der Waals surface area contributed by atoms with Crippen LogP contribution in [0.15, 0.2) is 54.6 Å². The lowest BCUT2D eigenvalue weighted by atomic mass is 10.2. The van der Waals surface area contributed by atoms with Crippen LogP contribution >= 0.6 is 0 Å². The summed E-state index contributed by atoms with van der Waals surface area (Å²) >= 11 is 0. The zero-order valence-corrected chi connectivity index (χ0v) is 14.9. The second kappa shape index (κ2) is 7.90. The highest BCUT2D eigenvalue weighted by Crippen LogP contribution is 2.20. The summed E-state index contributed by atoms with van der Waals surface area (Å²) in [6, 6.07) is 14.2. The molecule has 3 aromatic rings. The van der Waals surface area contributed by atoms with E-state index in [1.54, 1.807) is 18.9 Å². The second-order valence-electron chi connectivity index (χ2n) is 6.08. The Hall–Kier alpha value is -3.35. The van der Waals surface area contributed by atoms with Crippen LogP contribution in [0, 0.1) is 18.6 Å². The predicted molar refractivity (Wildman–Crippen MR) is 98.6 cm³/mol. The van der Waals surface area contributed by atoms with Crippen LogP contribution in [-0.2, 0) is 6.54 Å². The fourth-order valence-corrected chi connectivity index (χ4v) is 2.59. The molecular formula is C20H18F2N4O. The first-order chi connectivity index (χ1) is 12.9. The number of anilines is 2. The Bertz CT molecular complexity index is 963. The van der Waals surface area contributed by atoms with Gasteiger partial charge in [0.15, 0.2) is 0 Å². The first-order valence-corrected chi connectivity index (χ1v) is 8.29. The summed E-state index contributed by atoms with van der Waals surface area (Å²) in [4.78, 5) is 22.6. The summed E-state index contributed by atoms with van der Waals surface area (Å²) in [5, 5.41) is 2.76. The summed E-state index contributed by atoms with van der Waals surface area (Å²) in [7, 11) is 1.68. The Balaban J connectivity index is 1.80. The summed E-state index contributed by atoms with van der Waals surface area (Å²) in [6.07, 6.45) is 0. The monoisotopic (exact) mass is 368 g/mol. The molecule has 1 aromatic heterocycles. The van der Waals surface area contributed by atoms with Crippen molar-refractivity contribution in [2.24, 2.45) is 0 Å². The highest BCUT2D eigenvalue weighted by molar-refractivity contribution is 5.93. The van der Waals surface area contributed by atoms with E-state index in [1.165, 1.54) is 12.1 Å². The third kappa shape index (κ3) is 4.63. The van der Waals surface area contributed by atoms with Crippen LogP contribution in [-0.4, -0.2) is 27.8 Å². The number of benzene rings is 2. The third-order valence-electron chi connectivity index (χ3n) is 3.86. The molecule has 27 heavy (non-hydrogen) atoms. The quantitative estimate of drug-likeness (QED) is 0.737. The third-order valence-corrected chi connectivity index (χ3v) is 3.86. The number of carbonyl (C=O) groups excluding carboxylic acids is 1. The van der Waals surface area contributed by atoms with Gasteiger partial charge in [-0.1, -0.05) is 30.3 Å². The van der Waals surface area contributed by atoms with Crippen molar-refractivity contribution in [1.82, 2.24) is 14.9 Å². The molecule has 0 radical (unpaired) electrons. The average molecular weight is 368 g/mol. The molecule has 3 rings (SSSR count). The van der Waals surface area contributed by atoms with Crippen LogP contribution in [0.3, 0.4) is 0 Å². The molecular weight excluding hydrogens is 350 g/mol. The molecule has 5 nitrogen and oxygen atoms in total. The summed E-state index contributed by atoms with van der Waals surface area (Å²) in [5.74, 6) is -1.09. The van der Waals surface area contributed by atoms with Crippen LogP contribution < -0.4 is 5.32 Å². The molecule has 0 fully saturated rings. The predicted octanol–water partition coefficient (Wildman–Crippen LogP) is 4.08. The standard InChI is InChI=1S/C20H18F2N4O/c1-13-23-18(20(27)26(2)12-14-6-4-3-5-7-14)11-19(24-13)25-17-9-8-15(21)10-16(17)22/h3-11H,12H2,1-2H3,(H,23,24,25). The number of amides is 1. The van der Waals surface area contributed by atoms with E-state index >= 15 is 0 Å². The minimum Gasteiger partial charge on any atom is -0.338 e. The lowest BCUT2D eigenvalue weighted by molar-refractivity contribution is 0.0779. The lowest BCUT2D eigenvalue weighted by Crippen LogP contribution is -2.27. The van der Waals surface area contributed by atoms with E-state index in [9.17, 15) is 13.6 Å². The minimum atomic E-state index is -0.750. The van der Waals surface area contributed by atoms with Gasteiger partial charge in [-0.3, -0.25) is 4.79 Å². The molecule has 0 bridgehead atoms. The molecule has 1 amide bonds. The van der Waals surface area contributed by atoms with E-state index in [1.807, 2.05) is 30.3 Å². The number of carbonyl (C=O) groups is 1. The van der Waals surface area contributed by atoms with E-state index in [2.05, 4.69) is 15.3 Å². The molecule has 1 heterocycles. The number of rotatable bonds is 5. The highest BCUT2D eigenvalue weighted by Gasteiger charge is 2.16. The van der Waals surface area contributed by atoms with Gasteiger partial charge in [0.2, 0.25) is 0 Å². The van der Waals surface area contributed by atoms with Crippen LogP contribution in [0.4, 0.5) is 20.3 Å². The molecule has 1 N–H and O–H groups in total. The molecule has 7 heteroatoms. The Morgan fingerprint density at radius 3 is 2.52 bits per heavy atom. The van der Waals surface area contributed by atoms with Gasteiger partial charge >= 0.3 is 0 Å². The van der Waals surface area contributed by atoms with Gasteiger partial charge < -0.3 is 10.2 Å². The first-order valence-electron chi connectivity index (χ1n) is 8.29. The molecule has 0 aliphatic rings. The van der Waals surface area contributed by atoms with E-state index in [0.717, 1.165) is 17.7 Å². The molecule has 2 aromatic carbocycles. The first kappa shape index (κ1) is 18.4. The number of hydrogen-bond acceptors (Lipinski definition) is 4. The normalized spacial score (nSPS) is 10.5. The van der Waals surface area contributed by atoms with Crippen molar-refractivity contribution in [3.63, 3.8) is 0 Å². The lowest BCUT2D eigenvalue weighted by Gasteiger charge is -2.17. The van der Waals surface area contributed by atoms with E-state index in [0.29, 0.717) is 12.4 Å². The molecule has 0 saturated carbocycles. The minimum absolute atomic E-state index is 0.0607. The smallest absolute Gasteiger partial charge is 0.272 e. The van der Waals surface area contributed by atoms with Gasteiger partial charge in [-0.05, 0) is 24.6 Å². The molecule has 0 spiro atoms. The van der Waals surface area contributed by atoms with Crippen LogP contribution in [0.2, 0.25) is 0 Å². The van der Waals surface area contributed by atoms with Crippen molar-refractivity contribution in [2.75, 3.05) is 12.4 Å². The summed E-state index contributed by atoms with van der Waals surface area (Å²) < 4.78 is 26.9. The maximum atomic E-state index is 13.8. The summed E-state index contributed by atoms with van der Waals surface area (Å²) in [5.41, 5.74) is 1.24. The maximum absolute atomic E-state index is 13.8. The number of halogens is 2. The Labute approximate surface area is 155 Å². The molecule has 0 atom stereocenters. The molecule has 0 aliphatic heterocycles. The van der Waals surface area contributed by atoms with Crippen molar-refractivity contribution in [3.05, 3.63) is 83.3 Å². The van der Waals surface area contributed by atoms with Gasteiger partial charge in [-0.25, -0.2) is 18.7 Å². The van der Waals surface area contributed by atoms with Crippen LogP contribution in [0.1, 0.15) is 21.9 Å². The van der Waals surface area contributed by atoms with Crippen LogP contribution in [0.5, 0.6) is 0 Å². The van der Waals surface area contributed by atoms with Crippen molar-refractivity contribution in [3.8, 4) is 0 Å². The maximum Gasteiger partial charge on any atom is 0.272 e. The van der Waals surface area contributed by atoms with Gasteiger partial charge in [0, 0.05) is 25.7 Å². The molecule has 0 aliphatic carbocycles. The fourth-order valence-electron chi connectivity index (χ4n) is 2.59. The Morgan fingerprint density at radius 1 is 1.07 bits per heavy atom. The second-order valence-corrected chi connectivity index (χ2v) is 6.08. The summed E-state index contributed by atoms with van der Waals surface area (Å²) in [6.45, 7) is 2.07. The Kier molecular flexibility index (Phi) is 5.40. The van der Waals surface area contributed by atoms with E-state index < -0.39 is 11.6 Å². The molecule has 0 saturated heterocycles.